The van der Waals surface area contributed by atoms with Gasteiger partial charge >= 0.3 is 5.97 Å². The molecule has 3 aromatic carbocycles. The molecule has 8 nitrogen and oxygen atoms in total. The number of rotatable bonds is 5. The Hall–Kier alpha value is -4.33. The van der Waals surface area contributed by atoms with E-state index in [-0.39, 0.29) is 18.2 Å². The molecular formula is C22H16N4O4. The molecule has 1 aromatic heterocycles. The van der Waals surface area contributed by atoms with Crippen LogP contribution in [0.3, 0.4) is 0 Å². The third-order valence-corrected chi connectivity index (χ3v) is 4.29. The third kappa shape index (κ3) is 4.22. The summed E-state index contributed by atoms with van der Waals surface area (Å²) in [5.41, 5.74) is 1.13. The minimum atomic E-state index is -0.664. The number of benzene rings is 3. The Balaban J connectivity index is 1.40. The molecule has 148 valence electrons. The highest BCUT2D eigenvalue weighted by molar-refractivity contribution is 6.04. The van der Waals surface area contributed by atoms with Gasteiger partial charge in [-0.05, 0) is 48.5 Å². The number of fused-ring (bicyclic) bond motifs is 1. The van der Waals surface area contributed by atoms with E-state index >= 15 is 0 Å². The Bertz CT molecular complexity index is 1270. The minimum absolute atomic E-state index is 0.241. The van der Waals surface area contributed by atoms with Crippen molar-refractivity contribution in [2.75, 3.05) is 5.32 Å². The van der Waals surface area contributed by atoms with Crippen LogP contribution in [0.25, 0.3) is 10.9 Å². The maximum atomic E-state index is 12.4. The summed E-state index contributed by atoms with van der Waals surface area (Å²) in [6.45, 7) is -0.372. The van der Waals surface area contributed by atoms with Gasteiger partial charge < -0.3 is 10.1 Å². The maximum absolute atomic E-state index is 12.4. The van der Waals surface area contributed by atoms with E-state index in [1.807, 2.05) is 6.07 Å². The van der Waals surface area contributed by atoms with Crippen LogP contribution in [0.4, 0.5) is 5.69 Å². The highest BCUT2D eigenvalue weighted by atomic mass is 16.5. The quantitative estimate of drug-likeness (QED) is 0.408. The number of hydrogen-bond acceptors (Lipinski definition) is 6. The number of esters is 1. The first kappa shape index (κ1) is 19.0. The second kappa shape index (κ2) is 8.36. The molecule has 0 unspecified atom stereocenters. The van der Waals surface area contributed by atoms with Gasteiger partial charge in [0.2, 0.25) is 0 Å². The van der Waals surface area contributed by atoms with E-state index in [2.05, 4.69) is 15.6 Å². The lowest BCUT2D eigenvalue weighted by molar-refractivity contribution is -0.135. The van der Waals surface area contributed by atoms with Crippen molar-refractivity contribution in [1.29, 1.82) is 0 Å². The van der Waals surface area contributed by atoms with Gasteiger partial charge in [0.05, 0.1) is 5.39 Å². The third-order valence-electron chi connectivity index (χ3n) is 4.29. The molecule has 30 heavy (non-hydrogen) atoms. The van der Waals surface area contributed by atoms with Crippen LogP contribution in [-0.2, 0) is 11.3 Å². The molecule has 1 amide bonds. The lowest BCUT2D eigenvalue weighted by atomic mass is 10.2. The van der Waals surface area contributed by atoms with Crippen molar-refractivity contribution in [1.82, 2.24) is 15.0 Å². The lowest BCUT2D eigenvalue weighted by Crippen LogP contribution is -2.29. The molecule has 0 saturated carbocycles. The van der Waals surface area contributed by atoms with Crippen molar-refractivity contribution < 1.29 is 14.3 Å². The number of carbonyl (C=O) groups excluding carboxylic acids is 2. The second-order valence-electron chi connectivity index (χ2n) is 6.39. The van der Waals surface area contributed by atoms with E-state index in [1.165, 1.54) is 0 Å². The van der Waals surface area contributed by atoms with Crippen molar-refractivity contribution in [3.8, 4) is 5.75 Å². The summed E-state index contributed by atoms with van der Waals surface area (Å²) in [5, 5.41) is 10.8. The second-order valence-corrected chi connectivity index (χ2v) is 6.39. The van der Waals surface area contributed by atoms with Gasteiger partial charge in [0.1, 0.15) is 17.8 Å². The monoisotopic (exact) mass is 400 g/mol. The smallest absolute Gasteiger partial charge is 0.333 e. The number of aromatic nitrogens is 3. The first-order valence-electron chi connectivity index (χ1n) is 9.10. The number of nitrogens with zero attached hydrogens (tertiary/aromatic N) is 3. The molecule has 1 N–H and O–H groups in total. The van der Waals surface area contributed by atoms with Crippen molar-refractivity contribution in [3.63, 3.8) is 0 Å². The van der Waals surface area contributed by atoms with Crippen LogP contribution in [-0.4, -0.2) is 26.9 Å². The van der Waals surface area contributed by atoms with E-state index < -0.39 is 11.5 Å². The Morgan fingerprint density at radius 2 is 1.60 bits per heavy atom. The molecule has 0 aliphatic heterocycles. The number of anilines is 1. The lowest BCUT2D eigenvalue weighted by Gasteiger charge is -2.08. The Morgan fingerprint density at radius 3 is 2.37 bits per heavy atom. The molecule has 0 fully saturated rings. The number of ether oxygens (including phenoxy) is 1. The summed E-state index contributed by atoms with van der Waals surface area (Å²) in [5.74, 6) is -0.628. The fraction of sp³-hybridized carbons (Fsp3) is 0.0455. The Kier molecular flexibility index (Phi) is 5.29. The maximum Gasteiger partial charge on any atom is 0.333 e. The van der Waals surface area contributed by atoms with Gasteiger partial charge in [-0.15, -0.1) is 5.10 Å². The zero-order valence-electron chi connectivity index (χ0n) is 15.7. The molecule has 0 radical (unpaired) electrons. The SMILES string of the molecule is O=C(Cn1nnc2ccccc2c1=O)Oc1ccc(NC(=O)c2ccccc2)cc1. The Morgan fingerprint density at radius 1 is 0.900 bits per heavy atom. The van der Waals surface area contributed by atoms with Crippen LogP contribution >= 0.6 is 0 Å². The van der Waals surface area contributed by atoms with Gasteiger partial charge in [-0.1, -0.05) is 35.5 Å². The summed E-state index contributed by atoms with van der Waals surface area (Å²) < 4.78 is 6.21. The molecular weight excluding hydrogens is 384 g/mol. The molecule has 4 aromatic rings. The predicted molar refractivity (Wildman–Crippen MR) is 110 cm³/mol. The summed E-state index contributed by atoms with van der Waals surface area (Å²) in [7, 11) is 0. The van der Waals surface area contributed by atoms with Gasteiger partial charge in [0.25, 0.3) is 11.5 Å². The molecule has 0 aliphatic rings. The normalized spacial score (nSPS) is 10.5. The summed E-state index contributed by atoms with van der Waals surface area (Å²) in [4.78, 5) is 36.8. The zero-order chi connectivity index (χ0) is 20.9. The molecule has 0 bridgehead atoms. The van der Waals surface area contributed by atoms with Crippen molar-refractivity contribution in [2.24, 2.45) is 0 Å². The van der Waals surface area contributed by atoms with Crippen LogP contribution in [0, 0.1) is 0 Å². The van der Waals surface area contributed by atoms with Crippen molar-refractivity contribution in [3.05, 3.63) is 94.8 Å². The van der Waals surface area contributed by atoms with E-state index in [4.69, 9.17) is 4.74 Å². The van der Waals surface area contributed by atoms with Gasteiger partial charge in [-0.25, -0.2) is 4.79 Å². The van der Waals surface area contributed by atoms with Crippen molar-refractivity contribution >= 4 is 28.5 Å². The summed E-state index contributed by atoms with van der Waals surface area (Å²) in [6, 6.07) is 21.9. The average Bonchev–Trinajstić information content (AvgIpc) is 2.78. The number of nitrogens with one attached hydrogen (secondary N) is 1. The Labute approximate surface area is 170 Å². The highest BCUT2D eigenvalue weighted by Crippen LogP contribution is 2.17. The van der Waals surface area contributed by atoms with Gasteiger partial charge in [0.15, 0.2) is 0 Å². The van der Waals surface area contributed by atoms with Gasteiger partial charge in [-0.3, -0.25) is 9.59 Å². The summed E-state index contributed by atoms with van der Waals surface area (Å²) in [6.07, 6.45) is 0. The first-order valence-corrected chi connectivity index (χ1v) is 9.10. The molecule has 4 rings (SSSR count). The van der Waals surface area contributed by atoms with E-state index in [0.717, 1.165) is 4.68 Å². The van der Waals surface area contributed by atoms with E-state index in [9.17, 15) is 14.4 Å². The minimum Gasteiger partial charge on any atom is -0.425 e. The number of amides is 1. The first-order chi connectivity index (χ1) is 14.6. The predicted octanol–water partition coefficient (Wildman–Crippen LogP) is 2.65. The average molecular weight is 400 g/mol. The van der Waals surface area contributed by atoms with E-state index in [1.54, 1.807) is 72.8 Å². The zero-order valence-corrected chi connectivity index (χ0v) is 15.7. The molecule has 0 saturated heterocycles. The fourth-order valence-electron chi connectivity index (χ4n) is 2.81. The van der Waals surface area contributed by atoms with Gasteiger partial charge in [0, 0.05) is 11.3 Å². The molecule has 1 heterocycles. The highest BCUT2D eigenvalue weighted by Gasteiger charge is 2.12. The molecule has 0 aliphatic carbocycles. The molecule has 0 atom stereocenters. The van der Waals surface area contributed by atoms with Crippen LogP contribution < -0.4 is 15.6 Å². The van der Waals surface area contributed by atoms with Crippen molar-refractivity contribution in [2.45, 2.75) is 6.54 Å². The van der Waals surface area contributed by atoms with Crippen LogP contribution in [0.15, 0.2) is 83.7 Å². The summed E-state index contributed by atoms with van der Waals surface area (Å²) >= 11 is 0. The van der Waals surface area contributed by atoms with Gasteiger partial charge in [-0.2, -0.15) is 4.68 Å². The largest absolute Gasteiger partial charge is 0.425 e. The fourth-order valence-corrected chi connectivity index (χ4v) is 2.81. The topological polar surface area (TPSA) is 103 Å². The van der Waals surface area contributed by atoms with Crippen LogP contribution in [0.1, 0.15) is 10.4 Å². The van der Waals surface area contributed by atoms with Crippen LogP contribution in [0.2, 0.25) is 0 Å². The van der Waals surface area contributed by atoms with E-state index in [0.29, 0.717) is 22.2 Å². The number of carbonyl (C=O) groups is 2. The molecule has 0 spiro atoms. The standard InChI is InChI=1S/C22H16N4O4/c27-20(14-26-22(29)18-8-4-5-9-19(18)24-25-26)30-17-12-10-16(11-13-17)23-21(28)15-6-2-1-3-7-15/h1-13H,14H2,(H,23,28). The number of hydrogen-bond donors (Lipinski definition) is 1. The van der Waals surface area contributed by atoms with Crippen LogP contribution in [0.5, 0.6) is 5.75 Å². The molecule has 8 heteroatoms.